The summed E-state index contributed by atoms with van der Waals surface area (Å²) < 4.78 is 13.4. The molecule has 0 spiro atoms. The van der Waals surface area contributed by atoms with E-state index in [1.165, 1.54) is 174 Å². The number of nitrogens with zero attached hydrogens (tertiary/aromatic N) is 6. The van der Waals surface area contributed by atoms with E-state index < -0.39 is 0 Å². The van der Waals surface area contributed by atoms with E-state index in [9.17, 15) is 0 Å². The molecule has 6 nitrogen and oxygen atoms in total. The smallest absolute Gasteiger partial charge is 0.201 e. The molecular formula is C91H110N6+6. The van der Waals surface area contributed by atoms with Crippen molar-refractivity contribution in [1.29, 1.82) is 0 Å². The number of pyridine rings is 6. The van der Waals surface area contributed by atoms with Crippen LogP contribution in [-0.2, 0) is 42.3 Å². The van der Waals surface area contributed by atoms with Gasteiger partial charge < -0.3 is 0 Å². The van der Waals surface area contributed by atoms with Crippen molar-refractivity contribution >= 4 is 0 Å². The van der Waals surface area contributed by atoms with Gasteiger partial charge in [0.2, 0.25) is 34.2 Å². The number of aromatic nitrogens is 6. The molecule has 0 aliphatic rings. The van der Waals surface area contributed by atoms with E-state index in [2.05, 4.69) is 414 Å². The third-order valence-electron chi connectivity index (χ3n) is 19.7. The third kappa shape index (κ3) is 18.2. The zero-order valence-corrected chi connectivity index (χ0v) is 63.4. The molecule has 0 amide bonds. The lowest BCUT2D eigenvalue weighted by atomic mass is 9.97. The Morgan fingerprint density at radius 2 is 0.495 bits per heavy atom. The van der Waals surface area contributed by atoms with Crippen LogP contribution in [0.4, 0.5) is 0 Å². The summed E-state index contributed by atoms with van der Waals surface area (Å²) in [5.74, 6) is 0. The van der Waals surface area contributed by atoms with E-state index >= 15 is 0 Å². The first-order valence-electron chi connectivity index (χ1n) is 34.2. The highest BCUT2D eigenvalue weighted by atomic mass is 15.0. The fourth-order valence-corrected chi connectivity index (χ4v) is 12.7. The largest absolute Gasteiger partial charge is 0.215 e. The number of hydrogen-bond donors (Lipinski definition) is 0. The molecular weight excluding hydrogens is 1180 g/mol. The summed E-state index contributed by atoms with van der Waals surface area (Å²) in [4.78, 5) is 0. The Kier molecular flexibility index (Phi) is 26.0. The highest BCUT2D eigenvalue weighted by Gasteiger charge is 2.22. The first-order valence-corrected chi connectivity index (χ1v) is 34.2. The molecule has 0 N–H and O–H groups in total. The average molecular weight is 1290 g/mol. The zero-order chi connectivity index (χ0) is 71.1. The number of hydrogen-bond acceptors (Lipinski definition) is 0. The summed E-state index contributed by atoms with van der Waals surface area (Å²) in [5, 5.41) is 0. The molecule has 0 saturated carbocycles. The Bertz CT molecular complexity index is 4520. The van der Waals surface area contributed by atoms with E-state index in [0.29, 0.717) is 0 Å². The van der Waals surface area contributed by atoms with Gasteiger partial charge in [-0.05, 0) is 225 Å². The lowest BCUT2D eigenvalue weighted by molar-refractivity contribution is -0.667. The van der Waals surface area contributed by atoms with Gasteiger partial charge in [-0.25, -0.2) is 9.13 Å². The highest BCUT2D eigenvalue weighted by molar-refractivity contribution is 5.69. The number of rotatable bonds is 6. The molecule has 0 aliphatic heterocycles. The summed E-state index contributed by atoms with van der Waals surface area (Å²) in [7, 11) is 12.7. The zero-order valence-electron chi connectivity index (χ0n) is 63.4. The van der Waals surface area contributed by atoms with Crippen molar-refractivity contribution in [1.82, 2.24) is 0 Å². The normalized spacial score (nSPS) is 10.5. The second-order valence-electron chi connectivity index (χ2n) is 26.8. The third-order valence-corrected chi connectivity index (χ3v) is 19.7. The van der Waals surface area contributed by atoms with Crippen LogP contribution in [0.5, 0.6) is 0 Å². The Labute approximate surface area is 584 Å². The Morgan fingerprint density at radius 1 is 0.206 bits per heavy atom. The lowest BCUT2D eigenvalue weighted by Crippen LogP contribution is -2.35. The van der Waals surface area contributed by atoms with Crippen LogP contribution in [0, 0.1) is 132 Å². The Morgan fingerprint density at radius 3 is 0.876 bits per heavy atom. The summed E-state index contributed by atoms with van der Waals surface area (Å²) in [6.07, 6.45) is 4.24. The molecule has 6 heterocycles. The van der Waals surface area contributed by atoms with Crippen LogP contribution in [0.15, 0.2) is 213 Å². The molecule has 498 valence electrons. The SMILES string of the molecule is Cc1cc[n+](C)c(-c2cccc(C)c2C)c1.Cc1cc[n+](C)c(-c2cccc(C)c2C)c1.Cc1cccc(-c2c(C)ccc(C)[n+]2C)c1C.Cc1cccc(C)c1-c1cccc(C)[n+]1C.Cc1cccc(C)c1-c1cccc(C)[n+]1C.Cc1ccccc1-c1c(C)ccc(C)[n+]1C. The van der Waals surface area contributed by atoms with Crippen molar-refractivity contribution in [2.45, 2.75) is 132 Å². The minimum absolute atomic E-state index is 1.28. The van der Waals surface area contributed by atoms with E-state index in [0.717, 1.165) is 0 Å². The van der Waals surface area contributed by atoms with Crippen LogP contribution in [-0.4, -0.2) is 0 Å². The van der Waals surface area contributed by atoms with Crippen molar-refractivity contribution in [3.05, 3.63) is 319 Å². The molecule has 0 aliphatic carbocycles. The van der Waals surface area contributed by atoms with E-state index in [-0.39, 0.29) is 0 Å². The summed E-state index contributed by atoms with van der Waals surface area (Å²) in [6.45, 7) is 41.1. The molecule has 0 bridgehead atoms. The second-order valence-corrected chi connectivity index (χ2v) is 26.8. The minimum atomic E-state index is 1.28. The van der Waals surface area contributed by atoms with E-state index in [1.807, 2.05) is 0 Å². The molecule has 6 aromatic carbocycles. The van der Waals surface area contributed by atoms with Crippen molar-refractivity contribution in [3.8, 4) is 67.5 Å². The molecule has 0 fully saturated rings. The molecule has 0 radical (unpaired) electrons. The molecule has 6 aromatic heterocycles. The van der Waals surface area contributed by atoms with Gasteiger partial charge in [-0.1, -0.05) is 91.0 Å². The summed E-state index contributed by atoms with van der Waals surface area (Å²) in [5.41, 5.74) is 41.0. The fraction of sp³-hybridized carbons (Fsp3) is 0.275. The molecule has 12 rings (SSSR count). The summed E-state index contributed by atoms with van der Waals surface area (Å²) >= 11 is 0. The Balaban J connectivity index is 0.000000164. The second kappa shape index (κ2) is 33.7. The van der Waals surface area contributed by atoms with Gasteiger partial charge in [-0.2, -0.15) is 18.3 Å². The van der Waals surface area contributed by atoms with Crippen molar-refractivity contribution in [2.24, 2.45) is 42.3 Å². The minimum Gasteiger partial charge on any atom is -0.201 e. The molecule has 12 aromatic rings. The van der Waals surface area contributed by atoms with Crippen LogP contribution in [0.25, 0.3) is 67.5 Å². The lowest BCUT2D eigenvalue weighted by Gasteiger charge is -2.10. The van der Waals surface area contributed by atoms with E-state index in [4.69, 9.17) is 0 Å². The predicted molar refractivity (Wildman–Crippen MR) is 408 cm³/mol. The Hall–Kier alpha value is -9.78. The molecule has 0 atom stereocenters. The van der Waals surface area contributed by atoms with Crippen molar-refractivity contribution in [2.75, 3.05) is 0 Å². The number of benzene rings is 6. The van der Waals surface area contributed by atoms with Gasteiger partial charge in [-0.15, -0.1) is 0 Å². The topological polar surface area (TPSA) is 23.3 Å². The van der Waals surface area contributed by atoms with Gasteiger partial charge >= 0.3 is 0 Å². The van der Waals surface area contributed by atoms with E-state index in [1.54, 1.807) is 0 Å². The monoisotopic (exact) mass is 1290 g/mol. The first kappa shape index (κ1) is 74.6. The fourth-order valence-electron chi connectivity index (χ4n) is 12.7. The quantitative estimate of drug-likeness (QED) is 0.148. The highest BCUT2D eigenvalue weighted by Crippen LogP contribution is 2.30. The van der Waals surface area contributed by atoms with Gasteiger partial charge in [0, 0.05) is 122 Å². The van der Waals surface area contributed by atoms with Gasteiger partial charge in [0.15, 0.2) is 35.2 Å². The van der Waals surface area contributed by atoms with Gasteiger partial charge in [0.05, 0.1) is 11.1 Å². The van der Waals surface area contributed by atoms with Crippen LogP contribution >= 0.6 is 0 Å². The van der Waals surface area contributed by atoms with Crippen LogP contribution in [0.3, 0.4) is 0 Å². The first-order chi connectivity index (χ1) is 46.0. The standard InChI is InChI=1S/C16H20N.5C15H18N/c1-11-7-6-8-15(14(11)4)16-12(2)9-10-13(3)17(16)5;2*1-11-7-5-8-12(2)15(11)14-10-6-9-13(3)16(14)4;2*1-11-8-9-16(4)15(10-11)14-7-5-6-12(2)13(14)3;1-11-7-5-6-8-14(11)15-12(2)9-10-13(3)16(15)4/h6-10H,1-5H3;5*5-10H,1-4H3/q6*+1. The van der Waals surface area contributed by atoms with Crippen molar-refractivity contribution < 1.29 is 27.4 Å². The maximum absolute atomic E-state index is 2.27. The molecule has 0 unspecified atom stereocenters. The molecule has 97 heavy (non-hydrogen) atoms. The summed E-state index contributed by atoms with van der Waals surface area (Å²) in [6, 6.07) is 71.3. The molecule has 6 heteroatoms. The van der Waals surface area contributed by atoms with Crippen LogP contribution in [0.2, 0.25) is 0 Å². The number of aryl methyl sites for hydroxylation is 18. The maximum Gasteiger partial charge on any atom is 0.215 e. The predicted octanol–water partition coefficient (Wildman–Crippen LogP) is 18.9. The van der Waals surface area contributed by atoms with Crippen LogP contribution in [0.1, 0.15) is 106 Å². The maximum atomic E-state index is 2.27. The van der Waals surface area contributed by atoms with Gasteiger partial charge in [0.1, 0.15) is 42.3 Å². The van der Waals surface area contributed by atoms with Crippen molar-refractivity contribution in [3.63, 3.8) is 0 Å². The van der Waals surface area contributed by atoms with Gasteiger partial charge in [0.25, 0.3) is 0 Å². The molecule has 0 saturated heterocycles. The average Bonchev–Trinajstić information content (AvgIpc) is 0.852. The van der Waals surface area contributed by atoms with Gasteiger partial charge in [-0.3, -0.25) is 0 Å². The van der Waals surface area contributed by atoms with Crippen LogP contribution < -0.4 is 27.4 Å².